The molecule has 0 bridgehead atoms. The predicted octanol–water partition coefficient (Wildman–Crippen LogP) is 3.66. The molecule has 0 aliphatic carbocycles. The Hall–Kier alpha value is -1.81. The minimum atomic E-state index is 0.0221. The molecule has 1 aliphatic heterocycles. The van der Waals surface area contributed by atoms with Gasteiger partial charge in [0.05, 0.1) is 12.7 Å². The Morgan fingerprint density at radius 1 is 1.19 bits per heavy atom. The highest BCUT2D eigenvalue weighted by Gasteiger charge is 2.23. The molecule has 0 saturated carbocycles. The summed E-state index contributed by atoms with van der Waals surface area (Å²) in [5.41, 5.74) is 3.18. The van der Waals surface area contributed by atoms with Crippen molar-refractivity contribution in [2.75, 3.05) is 13.7 Å². The van der Waals surface area contributed by atoms with E-state index in [1.165, 1.54) is 11.1 Å². The second-order valence-electron chi connectivity index (χ2n) is 5.09. The van der Waals surface area contributed by atoms with Crippen LogP contribution in [0, 0.1) is 0 Å². The van der Waals surface area contributed by atoms with Crippen molar-refractivity contribution in [3.8, 4) is 5.75 Å². The van der Waals surface area contributed by atoms with E-state index in [9.17, 15) is 4.79 Å². The molecule has 1 aliphatic rings. The number of methoxy groups -OCH3 is 1. The van der Waals surface area contributed by atoms with Crippen LogP contribution in [0.4, 0.5) is 0 Å². The summed E-state index contributed by atoms with van der Waals surface area (Å²) in [5.74, 6) is 0.627. The van der Waals surface area contributed by atoms with Gasteiger partial charge in [0.1, 0.15) is 5.75 Å². The number of hydrogen-bond acceptors (Lipinski definition) is 2. The van der Waals surface area contributed by atoms with Crippen molar-refractivity contribution in [2.45, 2.75) is 13.0 Å². The van der Waals surface area contributed by atoms with Crippen LogP contribution in [0.2, 0.25) is 0 Å². The van der Waals surface area contributed by atoms with Crippen molar-refractivity contribution in [1.29, 1.82) is 0 Å². The summed E-state index contributed by atoms with van der Waals surface area (Å²) in [6.07, 6.45) is 0.904. The van der Waals surface area contributed by atoms with Gasteiger partial charge in [0, 0.05) is 17.6 Å². The van der Waals surface area contributed by atoms with Crippen molar-refractivity contribution in [1.82, 2.24) is 4.90 Å². The average molecular weight is 346 g/mol. The fourth-order valence-electron chi connectivity index (χ4n) is 2.68. The Labute approximate surface area is 132 Å². The third kappa shape index (κ3) is 2.81. The zero-order valence-electron chi connectivity index (χ0n) is 11.8. The van der Waals surface area contributed by atoms with E-state index in [-0.39, 0.29) is 5.91 Å². The van der Waals surface area contributed by atoms with Gasteiger partial charge in [0.15, 0.2) is 0 Å². The van der Waals surface area contributed by atoms with E-state index in [0.29, 0.717) is 17.9 Å². The molecule has 0 radical (unpaired) electrons. The van der Waals surface area contributed by atoms with E-state index in [2.05, 4.69) is 28.1 Å². The summed E-state index contributed by atoms with van der Waals surface area (Å²) in [4.78, 5) is 14.6. The lowest BCUT2D eigenvalue weighted by Gasteiger charge is -2.29. The molecule has 0 aromatic heterocycles. The average Bonchev–Trinajstić information content (AvgIpc) is 2.53. The molecule has 108 valence electrons. The van der Waals surface area contributed by atoms with E-state index in [0.717, 1.165) is 17.4 Å². The van der Waals surface area contributed by atoms with Crippen molar-refractivity contribution in [3.63, 3.8) is 0 Å². The number of carbonyl (C=O) groups is 1. The highest BCUT2D eigenvalue weighted by molar-refractivity contribution is 9.10. The van der Waals surface area contributed by atoms with Crippen LogP contribution < -0.4 is 4.74 Å². The molecule has 0 N–H and O–H groups in total. The second-order valence-corrected chi connectivity index (χ2v) is 6.01. The van der Waals surface area contributed by atoms with Gasteiger partial charge in [-0.2, -0.15) is 0 Å². The first-order valence-corrected chi connectivity index (χ1v) is 7.68. The van der Waals surface area contributed by atoms with Crippen LogP contribution in [-0.4, -0.2) is 24.5 Å². The standard InChI is InChI=1S/C17H16BrNO2/c1-21-16-10-14(18)6-7-15(16)17(20)19-9-8-12-4-2-3-5-13(12)11-19/h2-7,10H,8-9,11H2,1H3. The summed E-state index contributed by atoms with van der Waals surface area (Å²) < 4.78 is 6.23. The minimum Gasteiger partial charge on any atom is -0.496 e. The van der Waals surface area contributed by atoms with Crippen LogP contribution in [0.5, 0.6) is 5.75 Å². The lowest BCUT2D eigenvalue weighted by atomic mass is 9.99. The molecule has 21 heavy (non-hydrogen) atoms. The molecule has 4 heteroatoms. The van der Waals surface area contributed by atoms with Gasteiger partial charge < -0.3 is 9.64 Å². The Morgan fingerprint density at radius 3 is 2.71 bits per heavy atom. The van der Waals surface area contributed by atoms with E-state index < -0.39 is 0 Å². The van der Waals surface area contributed by atoms with E-state index in [4.69, 9.17) is 4.74 Å². The number of rotatable bonds is 2. The number of halogens is 1. The van der Waals surface area contributed by atoms with Crippen LogP contribution >= 0.6 is 15.9 Å². The molecule has 1 heterocycles. The van der Waals surface area contributed by atoms with Crippen LogP contribution in [0.3, 0.4) is 0 Å². The highest BCUT2D eigenvalue weighted by Crippen LogP contribution is 2.27. The number of fused-ring (bicyclic) bond motifs is 1. The van der Waals surface area contributed by atoms with E-state index >= 15 is 0 Å². The first-order valence-electron chi connectivity index (χ1n) is 6.88. The number of nitrogens with zero attached hydrogens (tertiary/aromatic N) is 1. The Balaban J connectivity index is 1.87. The molecule has 1 amide bonds. The van der Waals surface area contributed by atoms with Crippen molar-refractivity contribution < 1.29 is 9.53 Å². The lowest BCUT2D eigenvalue weighted by molar-refractivity contribution is 0.0731. The van der Waals surface area contributed by atoms with Gasteiger partial charge >= 0.3 is 0 Å². The van der Waals surface area contributed by atoms with E-state index in [1.807, 2.05) is 35.2 Å². The molecule has 2 aromatic rings. The number of benzene rings is 2. The Bertz CT molecular complexity index is 684. The van der Waals surface area contributed by atoms with Crippen molar-refractivity contribution in [3.05, 3.63) is 63.6 Å². The zero-order valence-corrected chi connectivity index (χ0v) is 13.4. The first-order chi connectivity index (χ1) is 10.2. The Kier molecular flexibility index (Phi) is 3.97. The quantitative estimate of drug-likeness (QED) is 0.831. The van der Waals surface area contributed by atoms with Gasteiger partial charge in [-0.15, -0.1) is 0 Å². The topological polar surface area (TPSA) is 29.5 Å². The van der Waals surface area contributed by atoms with Gasteiger partial charge in [-0.05, 0) is 35.7 Å². The predicted molar refractivity (Wildman–Crippen MR) is 85.6 cm³/mol. The summed E-state index contributed by atoms with van der Waals surface area (Å²) in [7, 11) is 1.59. The molecule has 0 fully saturated rings. The largest absolute Gasteiger partial charge is 0.496 e. The Morgan fingerprint density at radius 2 is 1.95 bits per heavy atom. The third-order valence-electron chi connectivity index (χ3n) is 3.81. The fraction of sp³-hybridized carbons (Fsp3) is 0.235. The number of carbonyl (C=O) groups excluding carboxylic acids is 1. The molecular formula is C17H16BrNO2. The fourth-order valence-corrected chi connectivity index (χ4v) is 3.02. The first kappa shape index (κ1) is 14.1. The number of hydrogen-bond donors (Lipinski definition) is 0. The van der Waals surface area contributed by atoms with Crippen molar-refractivity contribution in [2.24, 2.45) is 0 Å². The van der Waals surface area contributed by atoms with Crippen LogP contribution in [0.1, 0.15) is 21.5 Å². The van der Waals surface area contributed by atoms with Crippen LogP contribution in [0.15, 0.2) is 46.9 Å². The smallest absolute Gasteiger partial charge is 0.257 e. The highest BCUT2D eigenvalue weighted by atomic mass is 79.9. The molecule has 0 saturated heterocycles. The maximum absolute atomic E-state index is 12.7. The zero-order chi connectivity index (χ0) is 14.8. The van der Waals surface area contributed by atoms with Crippen LogP contribution in [0.25, 0.3) is 0 Å². The minimum absolute atomic E-state index is 0.0221. The molecular weight excluding hydrogens is 330 g/mol. The summed E-state index contributed by atoms with van der Waals surface area (Å²) in [6.45, 7) is 1.41. The van der Waals surface area contributed by atoms with Gasteiger partial charge in [-0.1, -0.05) is 40.2 Å². The summed E-state index contributed by atoms with van der Waals surface area (Å²) in [6, 6.07) is 13.8. The molecule has 2 aromatic carbocycles. The molecule has 3 nitrogen and oxygen atoms in total. The second kappa shape index (κ2) is 5.90. The lowest BCUT2D eigenvalue weighted by Crippen LogP contribution is -2.36. The van der Waals surface area contributed by atoms with E-state index in [1.54, 1.807) is 7.11 Å². The summed E-state index contributed by atoms with van der Waals surface area (Å²) >= 11 is 3.40. The number of ether oxygens (including phenoxy) is 1. The normalized spacial score (nSPS) is 13.7. The summed E-state index contributed by atoms with van der Waals surface area (Å²) in [5, 5.41) is 0. The van der Waals surface area contributed by atoms with Crippen molar-refractivity contribution >= 4 is 21.8 Å². The molecule has 0 unspecified atom stereocenters. The maximum atomic E-state index is 12.7. The van der Waals surface area contributed by atoms with Gasteiger partial charge in [0.25, 0.3) is 5.91 Å². The molecule has 0 atom stereocenters. The maximum Gasteiger partial charge on any atom is 0.257 e. The van der Waals surface area contributed by atoms with Gasteiger partial charge in [-0.25, -0.2) is 0 Å². The number of amides is 1. The SMILES string of the molecule is COc1cc(Br)ccc1C(=O)N1CCc2ccccc2C1. The molecule has 0 spiro atoms. The van der Waals surface area contributed by atoms with Gasteiger partial charge in [0.2, 0.25) is 0 Å². The third-order valence-corrected chi connectivity index (χ3v) is 4.31. The molecule has 3 rings (SSSR count). The monoisotopic (exact) mass is 345 g/mol. The van der Waals surface area contributed by atoms with Crippen LogP contribution in [-0.2, 0) is 13.0 Å². The van der Waals surface area contributed by atoms with Gasteiger partial charge in [-0.3, -0.25) is 4.79 Å².